The van der Waals surface area contributed by atoms with Gasteiger partial charge in [-0.1, -0.05) is 5.16 Å². The maximum Gasteiger partial charge on any atom is 0.292 e. The van der Waals surface area contributed by atoms with Gasteiger partial charge in [0, 0.05) is 13.2 Å². The Kier molecular flexibility index (Phi) is 2.39. The Morgan fingerprint density at radius 1 is 1.69 bits per heavy atom. The van der Waals surface area contributed by atoms with E-state index in [1.54, 1.807) is 6.07 Å². The zero-order valence-corrected chi connectivity index (χ0v) is 8.31. The van der Waals surface area contributed by atoms with Crippen molar-refractivity contribution in [2.45, 2.75) is 0 Å². The van der Waals surface area contributed by atoms with Crippen LogP contribution in [0.4, 0.5) is 0 Å². The number of hydrogen-bond donors (Lipinski definition) is 2. The van der Waals surface area contributed by atoms with Gasteiger partial charge in [-0.25, -0.2) is 0 Å². The maximum absolute atomic E-state index is 11.2. The van der Waals surface area contributed by atoms with E-state index >= 15 is 0 Å². The van der Waals surface area contributed by atoms with Crippen LogP contribution in [0, 0.1) is 11.3 Å². The fraction of sp³-hybridized carbons (Fsp3) is 0.111. The van der Waals surface area contributed by atoms with E-state index in [1.165, 1.54) is 13.2 Å². The Labute approximate surface area is 90.1 Å². The highest BCUT2D eigenvalue weighted by Crippen LogP contribution is 2.16. The van der Waals surface area contributed by atoms with E-state index in [0.717, 1.165) is 0 Å². The van der Waals surface area contributed by atoms with Gasteiger partial charge in [0.1, 0.15) is 11.8 Å². The monoisotopic (exact) mass is 217 g/mol. The molecule has 2 rings (SSSR count). The summed E-state index contributed by atoms with van der Waals surface area (Å²) in [4.78, 5) is 17.8. The number of aromatic nitrogens is 3. The molecule has 80 valence electrons. The van der Waals surface area contributed by atoms with Gasteiger partial charge in [0.25, 0.3) is 17.6 Å². The number of carbonyl (C=O) groups is 1. The van der Waals surface area contributed by atoms with Crippen LogP contribution in [0.2, 0.25) is 0 Å². The van der Waals surface area contributed by atoms with Crippen molar-refractivity contribution in [3.63, 3.8) is 0 Å². The predicted octanol–water partition coefficient (Wildman–Crippen LogP) is 0.296. The molecule has 0 spiro atoms. The van der Waals surface area contributed by atoms with Gasteiger partial charge >= 0.3 is 0 Å². The van der Waals surface area contributed by atoms with Crippen LogP contribution < -0.4 is 5.32 Å². The molecule has 0 saturated carbocycles. The van der Waals surface area contributed by atoms with Gasteiger partial charge in [-0.05, 0) is 6.07 Å². The fourth-order valence-electron chi connectivity index (χ4n) is 1.12. The summed E-state index contributed by atoms with van der Waals surface area (Å²) < 4.78 is 4.87. The zero-order valence-electron chi connectivity index (χ0n) is 8.31. The highest BCUT2D eigenvalue weighted by Gasteiger charge is 2.15. The smallest absolute Gasteiger partial charge is 0.292 e. The van der Waals surface area contributed by atoms with Crippen LogP contribution in [0.5, 0.6) is 0 Å². The number of nitrogens with one attached hydrogen (secondary N) is 2. The molecular weight excluding hydrogens is 210 g/mol. The lowest BCUT2D eigenvalue weighted by Gasteiger charge is -1.88. The first kappa shape index (κ1) is 9.92. The SMILES string of the molecule is CNC(=O)c1noc(-c2cc(C#N)c[nH]2)n1. The van der Waals surface area contributed by atoms with E-state index in [0.29, 0.717) is 11.3 Å². The van der Waals surface area contributed by atoms with Crippen LogP contribution in [0.15, 0.2) is 16.8 Å². The maximum atomic E-state index is 11.2. The Balaban J connectivity index is 2.32. The highest BCUT2D eigenvalue weighted by atomic mass is 16.5. The van der Waals surface area contributed by atoms with Crippen molar-refractivity contribution >= 4 is 5.91 Å². The van der Waals surface area contributed by atoms with Gasteiger partial charge in [0.15, 0.2) is 0 Å². The zero-order chi connectivity index (χ0) is 11.5. The topological polar surface area (TPSA) is 108 Å². The lowest BCUT2D eigenvalue weighted by Crippen LogP contribution is -2.19. The number of hydrogen-bond acceptors (Lipinski definition) is 5. The molecule has 0 aromatic carbocycles. The predicted molar refractivity (Wildman–Crippen MR) is 52.2 cm³/mol. The van der Waals surface area contributed by atoms with Crippen LogP contribution in [0.1, 0.15) is 16.2 Å². The second-order valence-electron chi connectivity index (χ2n) is 2.92. The normalized spacial score (nSPS) is 9.75. The van der Waals surface area contributed by atoms with Crippen LogP contribution in [0.25, 0.3) is 11.6 Å². The first-order valence-corrected chi connectivity index (χ1v) is 4.39. The molecule has 1 amide bonds. The van der Waals surface area contributed by atoms with Gasteiger partial charge in [-0.15, -0.1) is 0 Å². The minimum Gasteiger partial charge on any atom is -0.356 e. The third-order valence-corrected chi connectivity index (χ3v) is 1.90. The van der Waals surface area contributed by atoms with E-state index in [-0.39, 0.29) is 11.7 Å². The van der Waals surface area contributed by atoms with Crippen molar-refractivity contribution in [3.05, 3.63) is 23.7 Å². The molecule has 0 atom stereocenters. The van der Waals surface area contributed by atoms with Gasteiger partial charge in [-0.2, -0.15) is 10.2 Å². The Morgan fingerprint density at radius 3 is 3.12 bits per heavy atom. The summed E-state index contributed by atoms with van der Waals surface area (Å²) in [6, 6.07) is 3.51. The van der Waals surface area contributed by atoms with Crippen LogP contribution in [-0.2, 0) is 0 Å². The molecule has 0 saturated heterocycles. The molecule has 7 heteroatoms. The molecule has 2 aromatic rings. The second-order valence-corrected chi connectivity index (χ2v) is 2.92. The quantitative estimate of drug-likeness (QED) is 0.751. The molecule has 0 aliphatic heterocycles. The van der Waals surface area contributed by atoms with Crippen molar-refractivity contribution in [3.8, 4) is 17.7 Å². The summed E-state index contributed by atoms with van der Waals surface area (Å²) >= 11 is 0. The van der Waals surface area contributed by atoms with E-state index in [4.69, 9.17) is 9.78 Å². The Bertz CT molecular complexity index is 562. The van der Waals surface area contributed by atoms with Crippen LogP contribution in [0.3, 0.4) is 0 Å². The molecule has 0 radical (unpaired) electrons. The third-order valence-electron chi connectivity index (χ3n) is 1.90. The van der Waals surface area contributed by atoms with E-state index < -0.39 is 5.91 Å². The number of amides is 1. The summed E-state index contributed by atoms with van der Waals surface area (Å²) in [6.07, 6.45) is 1.51. The molecular formula is C9H7N5O2. The van der Waals surface area contributed by atoms with Crippen molar-refractivity contribution in [1.82, 2.24) is 20.4 Å². The molecule has 0 bridgehead atoms. The van der Waals surface area contributed by atoms with Crippen LogP contribution in [-0.4, -0.2) is 28.1 Å². The highest BCUT2D eigenvalue weighted by molar-refractivity contribution is 5.90. The van der Waals surface area contributed by atoms with Gasteiger partial charge in [0.2, 0.25) is 0 Å². The minimum atomic E-state index is -0.429. The number of carbonyl (C=O) groups excluding carboxylic acids is 1. The molecule has 0 aliphatic carbocycles. The number of nitrogens with zero attached hydrogens (tertiary/aromatic N) is 3. The number of rotatable bonds is 2. The number of nitriles is 1. The summed E-state index contributed by atoms with van der Waals surface area (Å²) in [5.41, 5.74) is 0.953. The first-order valence-electron chi connectivity index (χ1n) is 4.39. The standard InChI is InChI=1S/C9H7N5O2/c1-11-8(15)7-13-9(16-14-7)6-2-5(3-10)4-12-6/h2,4,12H,1H3,(H,11,15). The fourth-order valence-corrected chi connectivity index (χ4v) is 1.12. The number of H-pyrrole nitrogens is 1. The third kappa shape index (κ3) is 1.64. The Morgan fingerprint density at radius 2 is 2.50 bits per heavy atom. The average Bonchev–Trinajstić information content (AvgIpc) is 2.95. The molecule has 0 unspecified atom stereocenters. The molecule has 7 nitrogen and oxygen atoms in total. The van der Waals surface area contributed by atoms with E-state index in [1.807, 2.05) is 6.07 Å². The summed E-state index contributed by atoms with van der Waals surface area (Å²) in [7, 11) is 1.47. The summed E-state index contributed by atoms with van der Waals surface area (Å²) in [6.45, 7) is 0. The molecule has 2 N–H and O–H groups in total. The van der Waals surface area contributed by atoms with Gasteiger partial charge in [-0.3, -0.25) is 4.79 Å². The molecule has 16 heavy (non-hydrogen) atoms. The second kappa shape index (κ2) is 3.86. The number of aromatic amines is 1. The average molecular weight is 217 g/mol. The van der Waals surface area contributed by atoms with Crippen molar-refractivity contribution in [2.24, 2.45) is 0 Å². The van der Waals surface area contributed by atoms with Crippen molar-refractivity contribution in [2.75, 3.05) is 7.05 Å². The largest absolute Gasteiger partial charge is 0.356 e. The summed E-state index contributed by atoms with van der Waals surface area (Å²) in [5.74, 6) is -0.312. The first-order chi connectivity index (χ1) is 7.74. The van der Waals surface area contributed by atoms with E-state index in [2.05, 4.69) is 20.4 Å². The van der Waals surface area contributed by atoms with Crippen LogP contribution >= 0.6 is 0 Å². The molecule has 0 fully saturated rings. The minimum absolute atomic E-state index is 0.0504. The van der Waals surface area contributed by atoms with Gasteiger partial charge < -0.3 is 14.8 Å². The lowest BCUT2D eigenvalue weighted by atomic mass is 10.3. The molecule has 2 heterocycles. The van der Waals surface area contributed by atoms with Crippen molar-refractivity contribution in [1.29, 1.82) is 5.26 Å². The lowest BCUT2D eigenvalue weighted by molar-refractivity contribution is 0.0950. The summed E-state index contributed by atoms with van der Waals surface area (Å²) in [5, 5.41) is 14.5. The van der Waals surface area contributed by atoms with E-state index in [9.17, 15) is 4.79 Å². The molecule has 2 aromatic heterocycles. The van der Waals surface area contributed by atoms with Gasteiger partial charge in [0.05, 0.1) is 5.56 Å². The Hall–Kier alpha value is -2.62. The van der Waals surface area contributed by atoms with Crippen molar-refractivity contribution < 1.29 is 9.32 Å². The molecule has 0 aliphatic rings.